The lowest BCUT2D eigenvalue weighted by Gasteiger charge is -2.35. The molecule has 9 heteroatoms. The maximum Gasteiger partial charge on any atom is 0.409 e. The van der Waals surface area contributed by atoms with E-state index in [1.165, 1.54) is 37.2 Å². The lowest BCUT2D eigenvalue weighted by Crippen LogP contribution is -2.48. The number of hydrogen-bond donors (Lipinski definition) is 0. The third-order valence-electron chi connectivity index (χ3n) is 5.00. The van der Waals surface area contributed by atoms with Gasteiger partial charge in [0.05, 0.1) is 19.9 Å². The minimum Gasteiger partial charge on any atom is -0.494 e. The van der Waals surface area contributed by atoms with Crippen LogP contribution in [0.25, 0.3) is 11.3 Å². The molecule has 1 aliphatic heterocycles. The number of hydrogen-bond acceptors (Lipinski definition) is 5. The molecule has 0 unspecified atom stereocenters. The summed E-state index contributed by atoms with van der Waals surface area (Å²) in [4.78, 5) is 31.8. The van der Waals surface area contributed by atoms with Gasteiger partial charge in [-0.25, -0.2) is 19.0 Å². The molecule has 1 aromatic carbocycles. The Labute approximate surface area is 162 Å². The van der Waals surface area contributed by atoms with Gasteiger partial charge in [0.2, 0.25) is 0 Å². The van der Waals surface area contributed by atoms with Gasteiger partial charge in [-0.3, -0.25) is 4.57 Å². The Morgan fingerprint density at radius 1 is 1.25 bits per heavy atom. The fourth-order valence-electron chi connectivity index (χ4n) is 3.31. The Morgan fingerprint density at radius 3 is 2.57 bits per heavy atom. The minimum absolute atomic E-state index is 0.0117. The molecule has 2 heterocycles. The highest BCUT2D eigenvalue weighted by atomic mass is 19.1. The minimum atomic E-state index is -0.490. The average Bonchev–Trinajstić information content (AvgIpc) is 3.22. The number of nitrogens with zero attached hydrogens (tertiary/aromatic N) is 4. The second-order valence-corrected chi connectivity index (χ2v) is 6.60. The van der Waals surface area contributed by atoms with Gasteiger partial charge in [-0.1, -0.05) is 0 Å². The lowest BCUT2D eigenvalue weighted by molar-refractivity contribution is 0.0971. The fraction of sp³-hybridized carbons (Fsp3) is 0.421. The number of benzene rings is 1. The molecule has 150 valence electrons. The first kappa shape index (κ1) is 19.7. The van der Waals surface area contributed by atoms with Crippen LogP contribution in [0.3, 0.4) is 0 Å². The number of methoxy groups -OCH3 is 2. The number of likely N-dealkylation sites (tertiary alicyclic amines) is 1. The van der Waals surface area contributed by atoms with Gasteiger partial charge in [-0.15, -0.1) is 0 Å². The van der Waals surface area contributed by atoms with Crippen molar-refractivity contribution < 1.29 is 23.5 Å². The molecule has 1 fully saturated rings. The zero-order valence-electron chi connectivity index (χ0n) is 16.1. The summed E-state index contributed by atoms with van der Waals surface area (Å²) in [6, 6.07) is 4.31. The van der Waals surface area contributed by atoms with Gasteiger partial charge in [-0.05, 0) is 31.0 Å². The smallest absolute Gasteiger partial charge is 0.409 e. The zero-order chi connectivity index (χ0) is 20.3. The van der Waals surface area contributed by atoms with E-state index in [1.807, 2.05) is 0 Å². The Hall–Kier alpha value is -3.10. The topological polar surface area (TPSA) is 76.9 Å². The molecule has 0 N–H and O–H groups in total. The molecular formula is C19H23FN4O4. The van der Waals surface area contributed by atoms with Crippen LogP contribution in [0.15, 0.2) is 30.7 Å². The van der Waals surface area contributed by atoms with Crippen LogP contribution in [0.2, 0.25) is 0 Å². The number of amides is 2. The molecule has 1 aromatic heterocycles. The highest BCUT2D eigenvalue weighted by Gasteiger charge is 2.28. The van der Waals surface area contributed by atoms with Crippen molar-refractivity contribution in [2.24, 2.45) is 0 Å². The first-order valence-corrected chi connectivity index (χ1v) is 8.92. The maximum atomic E-state index is 13.9. The highest BCUT2D eigenvalue weighted by Crippen LogP contribution is 2.24. The summed E-state index contributed by atoms with van der Waals surface area (Å²) >= 11 is 0. The van der Waals surface area contributed by atoms with Gasteiger partial charge in [-0.2, -0.15) is 0 Å². The molecule has 28 heavy (non-hydrogen) atoms. The van der Waals surface area contributed by atoms with Crippen LogP contribution < -0.4 is 4.74 Å². The first-order chi connectivity index (χ1) is 13.4. The third-order valence-corrected chi connectivity index (χ3v) is 5.00. The fourth-order valence-corrected chi connectivity index (χ4v) is 3.31. The molecule has 8 nitrogen and oxygen atoms in total. The Morgan fingerprint density at radius 2 is 1.96 bits per heavy atom. The lowest BCUT2D eigenvalue weighted by atomic mass is 10.0. The Balaban J connectivity index is 1.67. The van der Waals surface area contributed by atoms with Crippen LogP contribution in [0.1, 0.15) is 12.8 Å². The summed E-state index contributed by atoms with van der Waals surface area (Å²) in [6.45, 7) is 1.07. The largest absolute Gasteiger partial charge is 0.494 e. The van der Waals surface area contributed by atoms with Gasteiger partial charge in [0.15, 0.2) is 11.6 Å². The highest BCUT2D eigenvalue weighted by molar-refractivity contribution is 5.78. The van der Waals surface area contributed by atoms with Gasteiger partial charge in [0, 0.05) is 37.9 Å². The normalized spacial score (nSPS) is 14.6. The number of carbonyl (C=O) groups is 2. The van der Waals surface area contributed by atoms with Crippen molar-refractivity contribution in [3.8, 4) is 17.0 Å². The number of aromatic nitrogens is 2. The molecule has 1 saturated heterocycles. The second-order valence-electron chi connectivity index (χ2n) is 6.60. The summed E-state index contributed by atoms with van der Waals surface area (Å²) in [7, 11) is 4.49. The number of halogens is 1. The summed E-state index contributed by atoms with van der Waals surface area (Å²) in [6.07, 6.45) is 3.98. The van der Waals surface area contributed by atoms with E-state index in [4.69, 9.17) is 9.47 Å². The molecule has 1 aliphatic rings. The summed E-state index contributed by atoms with van der Waals surface area (Å²) in [5.41, 5.74) is 1.04. The van der Waals surface area contributed by atoms with Crippen molar-refractivity contribution in [3.63, 3.8) is 0 Å². The summed E-state index contributed by atoms with van der Waals surface area (Å²) < 4.78 is 24.9. The molecule has 2 aromatic rings. The molecule has 0 bridgehead atoms. The van der Waals surface area contributed by atoms with Crippen molar-refractivity contribution in [1.29, 1.82) is 0 Å². The van der Waals surface area contributed by atoms with Crippen LogP contribution in [-0.4, -0.2) is 71.9 Å². The van der Waals surface area contributed by atoms with Crippen LogP contribution in [0.4, 0.5) is 14.0 Å². The first-order valence-electron chi connectivity index (χ1n) is 8.92. The predicted molar refractivity (Wildman–Crippen MR) is 99.7 cm³/mol. The van der Waals surface area contributed by atoms with Crippen LogP contribution in [0, 0.1) is 5.82 Å². The molecule has 3 rings (SSSR count). The quantitative estimate of drug-likeness (QED) is 0.806. The van der Waals surface area contributed by atoms with Gasteiger partial charge in [0.25, 0.3) is 0 Å². The molecular weight excluding hydrogens is 367 g/mol. The van der Waals surface area contributed by atoms with Crippen molar-refractivity contribution in [2.45, 2.75) is 18.9 Å². The summed E-state index contributed by atoms with van der Waals surface area (Å²) in [5.74, 6) is -0.340. The van der Waals surface area contributed by atoms with Crippen molar-refractivity contribution in [1.82, 2.24) is 19.4 Å². The molecule has 0 radical (unpaired) electrons. The Bertz CT molecular complexity index is 861. The van der Waals surface area contributed by atoms with Gasteiger partial charge < -0.3 is 19.3 Å². The van der Waals surface area contributed by atoms with Gasteiger partial charge >= 0.3 is 12.1 Å². The van der Waals surface area contributed by atoms with E-state index < -0.39 is 5.82 Å². The standard InChI is InChI=1S/C19H23FN4O4/c1-22(14-6-8-23(9-7-14)19(26)28-3)18(25)24-11-16(21-12-24)13-4-5-17(27-2)15(20)10-13/h4-5,10-12,14H,6-9H2,1-3H3. The average molecular weight is 390 g/mol. The van der Waals surface area contributed by atoms with E-state index in [0.717, 1.165) is 0 Å². The Kier molecular flexibility index (Phi) is 5.81. The molecule has 0 saturated carbocycles. The van der Waals surface area contributed by atoms with Crippen molar-refractivity contribution in [3.05, 3.63) is 36.5 Å². The van der Waals surface area contributed by atoms with Crippen molar-refractivity contribution >= 4 is 12.1 Å². The van der Waals surface area contributed by atoms with E-state index in [0.29, 0.717) is 37.2 Å². The van der Waals surface area contributed by atoms with Crippen LogP contribution >= 0.6 is 0 Å². The zero-order valence-corrected chi connectivity index (χ0v) is 16.1. The number of carbonyl (C=O) groups excluding carboxylic acids is 2. The van der Waals surface area contributed by atoms with E-state index in [9.17, 15) is 14.0 Å². The van der Waals surface area contributed by atoms with Crippen LogP contribution in [-0.2, 0) is 4.74 Å². The van der Waals surface area contributed by atoms with Gasteiger partial charge in [0.1, 0.15) is 6.33 Å². The van der Waals surface area contributed by atoms with E-state index >= 15 is 0 Å². The number of ether oxygens (including phenoxy) is 2. The van der Waals surface area contributed by atoms with E-state index in [-0.39, 0.29) is 23.9 Å². The van der Waals surface area contributed by atoms with E-state index in [2.05, 4.69) is 4.98 Å². The monoisotopic (exact) mass is 390 g/mol. The SMILES string of the molecule is COC(=O)N1CCC(N(C)C(=O)n2cnc(-c3ccc(OC)c(F)c3)c2)CC1. The van der Waals surface area contributed by atoms with E-state index in [1.54, 1.807) is 29.1 Å². The molecule has 0 spiro atoms. The molecule has 0 atom stereocenters. The maximum absolute atomic E-state index is 13.9. The third kappa shape index (κ3) is 3.92. The number of piperidine rings is 1. The second kappa shape index (κ2) is 8.28. The van der Waals surface area contributed by atoms with Crippen molar-refractivity contribution in [2.75, 3.05) is 34.4 Å². The number of rotatable bonds is 3. The van der Waals surface area contributed by atoms with Crippen LogP contribution in [0.5, 0.6) is 5.75 Å². The number of imidazole rings is 1. The molecule has 2 amide bonds. The summed E-state index contributed by atoms with van der Waals surface area (Å²) in [5, 5.41) is 0. The predicted octanol–water partition coefficient (Wildman–Crippen LogP) is 2.83. The molecule has 0 aliphatic carbocycles.